The molecule has 7 heteroatoms. The number of rotatable bonds is 3. The lowest BCUT2D eigenvalue weighted by atomic mass is 10.2. The van der Waals surface area contributed by atoms with Gasteiger partial charge in [0.1, 0.15) is 0 Å². The number of hydrogen-bond donors (Lipinski definition) is 2. The largest absolute Gasteiger partial charge is 0.350 e. The Kier molecular flexibility index (Phi) is 3.70. The fraction of sp³-hybridized carbons (Fsp3) is 0. The van der Waals surface area contributed by atoms with Crippen LogP contribution in [0.4, 0.5) is 10.5 Å². The Labute approximate surface area is 85.2 Å². The summed E-state index contributed by atoms with van der Waals surface area (Å²) in [6, 6.07) is 6.04. The molecule has 0 aliphatic rings. The quantitative estimate of drug-likeness (QED) is 0.251. The van der Waals surface area contributed by atoms with Crippen molar-refractivity contribution in [3.05, 3.63) is 40.3 Å². The van der Waals surface area contributed by atoms with Gasteiger partial charge in [-0.15, -0.1) is 0 Å². The van der Waals surface area contributed by atoms with E-state index in [1.807, 2.05) is 5.43 Å². The van der Waals surface area contributed by atoms with Gasteiger partial charge in [-0.3, -0.25) is 0 Å². The van der Waals surface area contributed by atoms with Gasteiger partial charge >= 0.3 is 6.03 Å². The molecule has 0 saturated heterocycles. The second-order valence-electron chi connectivity index (χ2n) is 2.48. The highest BCUT2D eigenvalue weighted by Gasteiger charge is 1.95. The van der Waals surface area contributed by atoms with Crippen molar-refractivity contribution in [3.63, 3.8) is 0 Å². The van der Waals surface area contributed by atoms with E-state index < -0.39 is 6.03 Å². The van der Waals surface area contributed by atoms with Gasteiger partial charge in [-0.1, -0.05) is 29.4 Å². The smallest absolute Gasteiger partial charge is 0.332 e. The topological polar surface area (TPSA) is 116 Å². The summed E-state index contributed by atoms with van der Waals surface area (Å²) >= 11 is 0. The van der Waals surface area contributed by atoms with Gasteiger partial charge < -0.3 is 5.73 Å². The molecule has 7 nitrogen and oxygen atoms in total. The fourth-order valence-electron chi connectivity index (χ4n) is 0.901. The first-order chi connectivity index (χ1) is 7.24. The summed E-state index contributed by atoms with van der Waals surface area (Å²) in [7, 11) is 0. The zero-order valence-electron chi connectivity index (χ0n) is 7.66. The number of hydrogen-bond acceptors (Lipinski definition) is 3. The number of nitrogens with two attached hydrogens (primary N) is 1. The van der Waals surface area contributed by atoms with E-state index in [1.54, 1.807) is 24.3 Å². The predicted molar refractivity (Wildman–Crippen MR) is 55.6 cm³/mol. The molecule has 1 aromatic carbocycles. The minimum absolute atomic E-state index is 0.426. The summed E-state index contributed by atoms with van der Waals surface area (Å²) in [5, 5.41) is 7.00. The molecule has 0 bridgehead atoms. The first-order valence-electron chi connectivity index (χ1n) is 3.96. The summed E-state index contributed by atoms with van der Waals surface area (Å²) in [6.07, 6.45) is 1.34. The molecule has 0 unspecified atom stereocenters. The fourth-order valence-corrected chi connectivity index (χ4v) is 0.901. The molecular weight excluding hydrogens is 196 g/mol. The molecule has 2 amide bonds. The van der Waals surface area contributed by atoms with Crippen LogP contribution in [-0.4, -0.2) is 12.2 Å². The number of carbonyl (C=O) groups is 1. The molecule has 0 heterocycles. The number of nitrogens with one attached hydrogen (secondary N) is 1. The summed E-state index contributed by atoms with van der Waals surface area (Å²) in [5.41, 5.74) is 16.1. The van der Waals surface area contributed by atoms with E-state index in [0.717, 1.165) is 0 Å². The van der Waals surface area contributed by atoms with Crippen LogP contribution in [0.25, 0.3) is 10.4 Å². The second-order valence-corrected chi connectivity index (χ2v) is 2.48. The lowest BCUT2D eigenvalue weighted by Crippen LogP contribution is -2.24. The number of nitrogens with zero attached hydrogens (tertiary/aromatic N) is 4. The zero-order valence-corrected chi connectivity index (χ0v) is 7.66. The Morgan fingerprint density at radius 1 is 1.53 bits per heavy atom. The van der Waals surface area contributed by atoms with E-state index in [4.69, 9.17) is 11.3 Å². The van der Waals surface area contributed by atoms with Gasteiger partial charge in [0.2, 0.25) is 0 Å². The molecule has 0 radical (unpaired) electrons. The number of hydrazone groups is 1. The maximum atomic E-state index is 10.3. The minimum Gasteiger partial charge on any atom is -0.350 e. The third-order valence-electron chi connectivity index (χ3n) is 1.47. The van der Waals surface area contributed by atoms with Crippen LogP contribution in [0.2, 0.25) is 0 Å². The van der Waals surface area contributed by atoms with Crippen molar-refractivity contribution in [1.29, 1.82) is 0 Å². The molecule has 76 valence electrons. The van der Waals surface area contributed by atoms with Crippen molar-refractivity contribution in [2.75, 3.05) is 0 Å². The average Bonchev–Trinajstić information content (AvgIpc) is 2.20. The highest BCUT2D eigenvalue weighted by Crippen LogP contribution is 2.16. The normalized spacial score (nSPS) is 9.60. The van der Waals surface area contributed by atoms with E-state index >= 15 is 0 Å². The van der Waals surface area contributed by atoms with Crippen molar-refractivity contribution in [1.82, 2.24) is 5.43 Å². The Morgan fingerprint density at radius 2 is 2.27 bits per heavy atom. The van der Waals surface area contributed by atoms with Crippen LogP contribution in [0.15, 0.2) is 34.5 Å². The maximum Gasteiger partial charge on any atom is 0.332 e. The van der Waals surface area contributed by atoms with Gasteiger partial charge in [-0.2, -0.15) is 5.10 Å². The minimum atomic E-state index is -0.757. The van der Waals surface area contributed by atoms with E-state index in [2.05, 4.69) is 15.1 Å². The van der Waals surface area contributed by atoms with Crippen molar-refractivity contribution >= 4 is 17.9 Å². The molecule has 3 N–H and O–H groups in total. The second kappa shape index (κ2) is 5.25. The zero-order chi connectivity index (χ0) is 11.1. The molecule has 1 rings (SSSR count). The lowest BCUT2D eigenvalue weighted by Gasteiger charge is -1.97. The molecule has 0 aliphatic heterocycles. The lowest BCUT2D eigenvalue weighted by molar-refractivity contribution is 0.249. The van der Waals surface area contributed by atoms with Crippen LogP contribution in [0.1, 0.15) is 5.56 Å². The summed E-state index contributed by atoms with van der Waals surface area (Å²) < 4.78 is 0. The molecule has 0 aromatic heterocycles. The number of urea groups is 1. The van der Waals surface area contributed by atoms with E-state index in [0.29, 0.717) is 11.3 Å². The van der Waals surface area contributed by atoms with Gasteiger partial charge in [0.05, 0.1) is 6.21 Å². The number of benzene rings is 1. The Morgan fingerprint density at radius 3 is 2.93 bits per heavy atom. The van der Waals surface area contributed by atoms with Crippen LogP contribution < -0.4 is 11.2 Å². The molecule has 1 aromatic rings. The molecule has 0 spiro atoms. The van der Waals surface area contributed by atoms with Gasteiger partial charge in [0.15, 0.2) is 0 Å². The standard InChI is InChI=1S/C8H8N6O/c9-8(15)13-11-5-6-3-1-2-4-7(6)12-14-10/h1-5H,(H3,9,13,15). The van der Waals surface area contributed by atoms with Crippen LogP contribution in [-0.2, 0) is 0 Å². The number of amides is 2. The van der Waals surface area contributed by atoms with Gasteiger partial charge in [-0.25, -0.2) is 10.2 Å². The van der Waals surface area contributed by atoms with Gasteiger partial charge in [0, 0.05) is 16.2 Å². The Balaban J connectivity index is 2.88. The maximum absolute atomic E-state index is 10.3. The van der Waals surface area contributed by atoms with Crippen LogP contribution >= 0.6 is 0 Å². The summed E-state index contributed by atoms with van der Waals surface area (Å²) in [5.74, 6) is 0. The first kappa shape index (κ1) is 10.6. The van der Waals surface area contributed by atoms with Crippen LogP contribution in [0.3, 0.4) is 0 Å². The monoisotopic (exact) mass is 204 g/mol. The highest BCUT2D eigenvalue weighted by molar-refractivity contribution is 5.87. The van der Waals surface area contributed by atoms with Crippen LogP contribution in [0.5, 0.6) is 0 Å². The molecule has 15 heavy (non-hydrogen) atoms. The Bertz CT molecular complexity index is 435. The van der Waals surface area contributed by atoms with E-state index in [-0.39, 0.29) is 0 Å². The average molecular weight is 204 g/mol. The van der Waals surface area contributed by atoms with Crippen molar-refractivity contribution < 1.29 is 4.79 Å². The SMILES string of the molecule is [N-]=[N+]=Nc1ccccc1C=NNC(N)=O. The van der Waals surface area contributed by atoms with E-state index in [1.165, 1.54) is 6.21 Å². The highest BCUT2D eigenvalue weighted by atomic mass is 16.2. The Hall–Kier alpha value is -2.53. The van der Waals surface area contributed by atoms with Crippen molar-refractivity contribution in [2.24, 2.45) is 15.9 Å². The summed E-state index contributed by atoms with van der Waals surface area (Å²) in [6.45, 7) is 0. The third-order valence-corrected chi connectivity index (χ3v) is 1.47. The molecule has 0 fully saturated rings. The third kappa shape index (κ3) is 3.37. The van der Waals surface area contributed by atoms with Crippen molar-refractivity contribution in [3.8, 4) is 0 Å². The molecule has 0 atom stereocenters. The molecule has 0 aliphatic carbocycles. The predicted octanol–water partition coefficient (Wildman–Crippen LogP) is 1.63. The molecule has 0 saturated carbocycles. The van der Waals surface area contributed by atoms with Gasteiger partial charge in [-0.05, 0) is 5.53 Å². The molecular formula is C8H8N6O. The first-order valence-corrected chi connectivity index (χ1v) is 3.96. The van der Waals surface area contributed by atoms with Gasteiger partial charge in [0.25, 0.3) is 0 Å². The number of carbonyl (C=O) groups excluding carboxylic acids is 1. The number of azide groups is 1. The van der Waals surface area contributed by atoms with Crippen molar-refractivity contribution in [2.45, 2.75) is 0 Å². The number of primary amides is 1. The van der Waals surface area contributed by atoms with Crippen LogP contribution in [0, 0.1) is 0 Å². The van der Waals surface area contributed by atoms with E-state index in [9.17, 15) is 4.79 Å². The summed E-state index contributed by atoms with van der Waals surface area (Å²) in [4.78, 5) is 13.0.